The molecule has 0 spiro atoms. The van der Waals surface area contributed by atoms with Crippen molar-refractivity contribution in [1.82, 2.24) is 9.78 Å². The SMILES string of the molecule is CCn1nc(C)c(Cl)c1CC(=O)c1cc(F)cc(Br)c1. The number of ketones is 1. The van der Waals surface area contributed by atoms with Gasteiger partial charge in [0.15, 0.2) is 5.78 Å². The molecular formula is C14H13BrClFN2O. The molecule has 3 nitrogen and oxygen atoms in total. The average Bonchev–Trinajstić information content (AvgIpc) is 2.65. The summed E-state index contributed by atoms with van der Waals surface area (Å²) in [6.45, 7) is 4.35. The molecule has 0 bridgehead atoms. The van der Waals surface area contributed by atoms with Gasteiger partial charge in [0.1, 0.15) is 5.82 Å². The highest BCUT2D eigenvalue weighted by Gasteiger charge is 2.17. The number of hydrogen-bond acceptors (Lipinski definition) is 2. The summed E-state index contributed by atoms with van der Waals surface area (Å²) in [5, 5.41) is 4.76. The fraction of sp³-hybridized carbons (Fsp3) is 0.286. The monoisotopic (exact) mass is 358 g/mol. The third-order valence-electron chi connectivity index (χ3n) is 2.97. The van der Waals surface area contributed by atoms with Crippen LogP contribution >= 0.6 is 27.5 Å². The van der Waals surface area contributed by atoms with Gasteiger partial charge in [0.05, 0.1) is 22.8 Å². The van der Waals surface area contributed by atoms with E-state index in [4.69, 9.17) is 11.6 Å². The predicted molar refractivity (Wildman–Crippen MR) is 79.8 cm³/mol. The van der Waals surface area contributed by atoms with E-state index < -0.39 is 5.82 Å². The number of carbonyl (C=O) groups is 1. The molecule has 1 aromatic heterocycles. The second-order valence-corrected chi connectivity index (χ2v) is 5.71. The lowest BCUT2D eigenvalue weighted by molar-refractivity contribution is 0.0990. The van der Waals surface area contributed by atoms with Crippen LogP contribution in [-0.2, 0) is 13.0 Å². The van der Waals surface area contributed by atoms with Crippen molar-refractivity contribution >= 4 is 33.3 Å². The fourth-order valence-corrected chi connectivity index (χ4v) is 2.67. The van der Waals surface area contributed by atoms with Crippen molar-refractivity contribution in [2.24, 2.45) is 0 Å². The van der Waals surface area contributed by atoms with Crippen molar-refractivity contribution < 1.29 is 9.18 Å². The maximum Gasteiger partial charge on any atom is 0.168 e. The molecule has 0 amide bonds. The fourth-order valence-electron chi connectivity index (χ4n) is 2.01. The Morgan fingerprint density at radius 3 is 2.75 bits per heavy atom. The third kappa shape index (κ3) is 3.10. The van der Waals surface area contributed by atoms with E-state index >= 15 is 0 Å². The Labute approximate surface area is 129 Å². The first-order valence-corrected chi connectivity index (χ1v) is 7.30. The van der Waals surface area contributed by atoms with Gasteiger partial charge >= 0.3 is 0 Å². The Morgan fingerprint density at radius 2 is 2.15 bits per heavy atom. The van der Waals surface area contributed by atoms with E-state index in [1.54, 1.807) is 17.7 Å². The predicted octanol–water partition coefficient (Wildman–Crippen LogP) is 4.19. The zero-order chi connectivity index (χ0) is 14.9. The molecule has 106 valence electrons. The molecule has 0 aliphatic heterocycles. The van der Waals surface area contributed by atoms with Gasteiger partial charge in [-0.3, -0.25) is 9.48 Å². The summed E-state index contributed by atoms with van der Waals surface area (Å²) < 4.78 is 15.6. The third-order valence-corrected chi connectivity index (χ3v) is 3.91. The first-order valence-electron chi connectivity index (χ1n) is 6.13. The van der Waals surface area contributed by atoms with Crippen LogP contribution in [0.3, 0.4) is 0 Å². The highest BCUT2D eigenvalue weighted by atomic mass is 79.9. The van der Waals surface area contributed by atoms with Gasteiger partial charge in [0.25, 0.3) is 0 Å². The number of rotatable bonds is 4. The summed E-state index contributed by atoms with van der Waals surface area (Å²) >= 11 is 9.35. The quantitative estimate of drug-likeness (QED) is 0.767. The average molecular weight is 360 g/mol. The molecule has 0 unspecified atom stereocenters. The molecular weight excluding hydrogens is 347 g/mol. The van der Waals surface area contributed by atoms with Gasteiger partial charge in [-0.05, 0) is 32.0 Å². The van der Waals surface area contributed by atoms with Crippen molar-refractivity contribution in [3.05, 3.63) is 50.5 Å². The van der Waals surface area contributed by atoms with Crippen LogP contribution in [0.4, 0.5) is 4.39 Å². The number of Topliss-reactive ketones (excluding diaryl/α,β-unsaturated/α-hetero) is 1. The van der Waals surface area contributed by atoms with Gasteiger partial charge in [-0.1, -0.05) is 27.5 Å². The number of aryl methyl sites for hydroxylation is 2. The van der Waals surface area contributed by atoms with Crippen LogP contribution in [0.15, 0.2) is 22.7 Å². The summed E-state index contributed by atoms with van der Waals surface area (Å²) in [4.78, 5) is 12.3. The molecule has 20 heavy (non-hydrogen) atoms. The highest BCUT2D eigenvalue weighted by molar-refractivity contribution is 9.10. The van der Waals surface area contributed by atoms with E-state index in [-0.39, 0.29) is 12.2 Å². The van der Waals surface area contributed by atoms with E-state index in [1.165, 1.54) is 12.1 Å². The largest absolute Gasteiger partial charge is 0.294 e. The van der Waals surface area contributed by atoms with Crippen LogP contribution in [0.5, 0.6) is 0 Å². The second kappa shape index (κ2) is 6.06. The van der Waals surface area contributed by atoms with Crippen LogP contribution in [0.1, 0.15) is 28.7 Å². The molecule has 0 atom stereocenters. The minimum atomic E-state index is -0.450. The lowest BCUT2D eigenvalue weighted by Gasteiger charge is -2.06. The van der Waals surface area contributed by atoms with Crippen molar-refractivity contribution in [3.63, 3.8) is 0 Å². The van der Waals surface area contributed by atoms with E-state index in [1.807, 2.05) is 6.92 Å². The van der Waals surface area contributed by atoms with E-state index in [2.05, 4.69) is 21.0 Å². The number of nitrogens with zero attached hydrogens (tertiary/aromatic N) is 2. The first-order chi connectivity index (χ1) is 9.42. The maximum atomic E-state index is 13.3. The number of hydrogen-bond donors (Lipinski definition) is 0. The normalized spacial score (nSPS) is 10.8. The standard InChI is InChI=1S/C14H13BrClFN2O/c1-3-19-12(14(16)8(2)18-19)7-13(20)9-4-10(15)6-11(17)5-9/h4-6H,3,7H2,1-2H3. The summed E-state index contributed by atoms with van der Waals surface area (Å²) in [7, 11) is 0. The van der Waals surface area contributed by atoms with Gasteiger partial charge in [0, 0.05) is 16.6 Å². The molecule has 2 rings (SSSR count). The van der Waals surface area contributed by atoms with Crippen molar-refractivity contribution in [3.8, 4) is 0 Å². The van der Waals surface area contributed by atoms with Crippen LogP contribution in [-0.4, -0.2) is 15.6 Å². The summed E-state index contributed by atoms with van der Waals surface area (Å²) in [5.74, 6) is -0.643. The number of aromatic nitrogens is 2. The zero-order valence-corrected chi connectivity index (χ0v) is 13.4. The Bertz CT molecular complexity index is 649. The molecule has 2 aromatic rings. The van der Waals surface area contributed by atoms with E-state index in [9.17, 15) is 9.18 Å². The van der Waals surface area contributed by atoms with Crippen LogP contribution in [0, 0.1) is 12.7 Å². The molecule has 0 aliphatic carbocycles. The Morgan fingerprint density at radius 1 is 1.45 bits per heavy atom. The molecule has 0 radical (unpaired) electrons. The van der Waals surface area contributed by atoms with Gasteiger partial charge in [-0.25, -0.2) is 4.39 Å². The van der Waals surface area contributed by atoms with Crippen LogP contribution < -0.4 is 0 Å². The van der Waals surface area contributed by atoms with Crippen molar-refractivity contribution in [2.45, 2.75) is 26.8 Å². The Balaban J connectivity index is 2.32. The van der Waals surface area contributed by atoms with E-state index in [0.29, 0.717) is 33.0 Å². The molecule has 0 saturated carbocycles. The first kappa shape index (κ1) is 15.2. The molecule has 1 heterocycles. The summed E-state index contributed by atoms with van der Waals surface area (Å²) in [6.07, 6.45) is 0.101. The maximum absolute atomic E-state index is 13.3. The van der Waals surface area contributed by atoms with Gasteiger partial charge < -0.3 is 0 Å². The van der Waals surface area contributed by atoms with Crippen molar-refractivity contribution in [1.29, 1.82) is 0 Å². The number of halogens is 3. The summed E-state index contributed by atoms with van der Waals surface area (Å²) in [6, 6.07) is 4.13. The molecule has 6 heteroatoms. The van der Waals surface area contributed by atoms with Gasteiger partial charge in [-0.2, -0.15) is 5.10 Å². The van der Waals surface area contributed by atoms with Gasteiger partial charge in [0.2, 0.25) is 0 Å². The van der Waals surface area contributed by atoms with Crippen LogP contribution in [0.2, 0.25) is 5.02 Å². The van der Waals surface area contributed by atoms with Gasteiger partial charge in [-0.15, -0.1) is 0 Å². The zero-order valence-electron chi connectivity index (χ0n) is 11.1. The molecule has 0 aliphatic rings. The molecule has 0 N–H and O–H groups in total. The van der Waals surface area contributed by atoms with Crippen LogP contribution in [0.25, 0.3) is 0 Å². The van der Waals surface area contributed by atoms with E-state index in [0.717, 1.165) is 0 Å². The van der Waals surface area contributed by atoms with Crippen molar-refractivity contribution in [2.75, 3.05) is 0 Å². The summed E-state index contributed by atoms with van der Waals surface area (Å²) in [5.41, 5.74) is 1.67. The number of benzene rings is 1. The highest BCUT2D eigenvalue weighted by Crippen LogP contribution is 2.23. The number of carbonyl (C=O) groups excluding carboxylic acids is 1. The topological polar surface area (TPSA) is 34.9 Å². The molecule has 1 aromatic carbocycles. The second-order valence-electron chi connectivity index (χ2n) is 4.42. The smallest absolute Gasteiger partial charge is 0.168 e. The molecule has 0 fully saturated rings. The Kier molecular flexibility index (Phi) is 4.60. The molecule has 0 saturated heterocycles. The lowest BCUT2D eigenvalue weighted by Crippen LogP contribution is -2.10. The lowest BCUT2D eigenvalue weighted by atomic mass is 10.1. The minimum absolute atomic E-state index is 0.101. The minimum Gasteiger partial charge on any atom is -0.294 e. The Hall–Kier alpha value is -1.20.